The summed E-state index contributed by atoms with van der Waals surface area (Å²) in [5.74, 6) is 1.17. The van der Waals surface area contributed by atoms with E-state index in [2.05, 4.69) is 29.1 Å². The summed E-state index contributed by atoms with van der Waals surface area (Å²) in [5, 5.41) is 3.96. The zero-order chi connectivity index (χ0) is 21.5. The molecule has 0 saturated carbocycles. The topological polar surface area (TPSA) is 73.1 Å². The van der Waals surface area contributed by atoms with Crippen molar-refractivity contribution in [1.82, 2.24) is 24.8 Å². The fraction of sp³-hybridized carbons (Fsp3) is 0.773. The molecule has 3 fully saturated rings. The molecule has 0 bridgehead atoms. The lowest BCUT2D eigenvalue weighted by atomic mass is 9.76. The van der Waals surface area contributed by atoms with E-state index >= 15 is 0 Å². The summed E-state index contributed by atoms with van der Waals surface area (Å²) in [4.78, 5) is 34.5. The normalized spacial score (nSPS) is 25.3. The van der Waals surface area contributed by atoms with Crippen LogP contribution in [0.2, 0.25) is 0 Å². The van der Waals surface area contributed by atoms with Crippen molar-refractivity contribution in [3.8, 4) is 0 Å². The highest BCUT2D eigenvalue weighted by Crippen LogP contribution is 2.43. The average molecular weight is 418 g/mol. The molecule has 1 aromatic rings. The minimum atomic E-state index is -0.0158. The van der Waals surface area contributed by atoms with E-state index in [1.165, 1.54) is 0 Å². The van der Waals surface area contributed by atoms with Gasteiger partial charge in [0.1, 0.15) is 5.76 Å². The molecule has 1 unspecified atom stereocenters. The van der Waals surface area contributed by atoms with Crippen LogP contribution < -0.4 is 0 Å². The molecule has 3 aliphatic heterocycles. The number of amides is 2. The van der Waals surface area contributed by atoms with E-state index in [0.29, 0.717) is 12.3 Å². The number of nitrogens with zero attached hydrogens (tertiary/aromatic N) is 5. The van der Waals surface area contributed by atoms with Crippen LogP contribution in [0, 0.1) is 19.3 Å². The molecule has 0 radical (unpaired) electrons. The van der Waals surface area contributed by atoms with E-state index in [4.69, 9.17) is 4.52 Å². The lowest BCUT2D eigenvalue weighted by molar-refractivity contribution is -0.137. The number of rotatable bonds is 3. The number of aromatic nitrogens is 1. The molecule has 3 saturated heterocycles. The molecule has 4 rings (SSSR count). The zero-order valence-corrected chi connectivity index (χ0v) is 18.8. The first-order chi connectivity index (χ1) is 14.3. The van der Waals surface area contributed by atoms with E-state index in [1.54, 1.807) is 0 Å². The Bertz CT molecular complexity index is 771. The van der Waals surface area contributed by atoms with Crippen molar-refractivity contribution in [3.63, 3.8) is 0 Å². The second kappa shape index (κ2) is 8.30. The van der Waals surface area contributed by atoms with E-state index < -0.39 is 0 Å². The Hall–Kier alpha value is -1.93. The van der Waals surface area contributed by atoms with Gasteiger partial charge in [-0.05, 0) is 52.6 Å². The molecule has 8 heteroatoms. The lowest BCUT2D eigenvalue weighted by Crippen LogP contribution is -2.52. The molecule has 0 aromatic carbocycles. The van der Waals surface area contributed by atoms with Gasteiger partial charge in [0.15, 0.2) is 0 Å². The van der Waals surface area contributed by atoms with Crippen molar-refractivity contribution in [1.29, 1.82) is 0 Å². The molecular formula is C22H35N5O3. The smallest absolute Gasteiger partial charge is 0.240 e. The number of carbonyl (C=O) groups is 2. The molecule has 3 aliphatic rings. The average Bonchev–Trinajstić information content (AvgIpc) is 3.22. The number of aryl methyl sites for hydroxylation is 2. The maximum absolute atomic E-state index is 13.1. The van der Waals surface area contributed by atoms with Gasteiger partial charge in [-0.15, -0.1) is 0 Å². The summed E-state index contributed by atoms with van der Waals surface area (Å²) in [6, 6.07) is -0.0158. The van der Waals surface area contributed by atoms with Crippen LogP contribution in [-0.2, 0) is 16.0 Å². The molecule has 4 heterocycles. The van der Waals surface area contributed by atoms with Crippen molar-refractivity contribution in [2.75, 3.05) is 59.9 Å². The minimum absolute atomic E-state index is 0.0158. The monoisotopic (exact) mass is 417 g/mol. The first-order valence-corrected chi connectivity index (χ1v) is 11.2. The first-order valence-electron chi connectivity index (χ1n) is 11.2. The number of likely N-dealkylation sites (tertiary alicyclic amines) is 2. The molecule has 1 atom stereocenters. The maximum atomic E-state index is 13.1. The van der Waals surface area contributed by atoms with Crippen LogP contribution in [0.5, 0.6) is 0 Å². The molecule has 30 heavy (non-hydrogen) atoms. The highest BCUT2D eigenvalue weighted by molar-refractivity contribution is 5.82. The predicted molar refractivity (Wildman–Crippen MR) is 113 cm³/mol. The van der Waals surface area contributed by atoms with E-state index in [9.17, 15) is 9.59 Å². The number of hydrogen-bond donors (Lipinski definition) is 0. The van der Waals surface area contributed by atoms with Crippen LogP contribution in [0.15, 0.2) is 4.52 Å². The SMILES string of the molecule is Cc1noc(C)c1CC(=O)N1CCC2(CC1)CC(C(=O)N1CCN(C)CC1)N(C)C2. The van der Waals surface area contributed by atoms with Gasteiger partial charge >= 0.3 is 0 Å². The summed E-state index contributed by atoms with van der Waals surface area (Å²) < 4.78 is 5.20. The molecule has 1 aromatic heterocycles. The van der Waals surface area contributed by atoms with Crippen LogP contribution in [0.1, 0.15) is 36.3 Å². The fourth-order valence-corrected chi connectivity index (χ4v) is 5.39. The molecular weight excluding hydrogens is 382 g/mol. The maximum Gasteiger partial charge on any atom is 0.240 e. The van der Waals surface area contributed by atoms with Crippen LogP contribution >= 0.6 is 0 Å². The quantitative estimate of drug-likeness (QED) is 0.728. The first kappa shape index (κ1) is 21.3. The number of hydrogen-bond acceptors (Lipinski definition) is 6. The molecule has 1 spiro atoms. The van der Waals surface area contributed by atoms with Crippen molar-refractivity contribution < 1.29 is 14.1 Å². The van der Waals surface area contributed by atoms with E-state index in [1.807, 2.05) is 23.6 Å². The Balaban J connectivity index is 1.33. The number of piperazine rings is 1. The van der Waals surface area contributed by atoms with E-state index in [0.717, 1.165) is 82.1 Å². The summed E-state index contributed by atoms with van der Waals surface area (Å²) in [6.07, 6.45) is 3.22. The Morgan fingerprint density at radius 1 is 1.03 bits per heavy atom. The second-order valence-corrected chi connectivity index (χ2v) is 9.62. The third kappa shape index (κ3) is 4.12. The molecule has 2 amide bonds. The summed E-state index contributed by atoms with van der Waals surface area (Å²) in [5.41, 5.74) is 1.87. The van der Waals surface area contributed by atoms with Crippen molar-refractivity contribution in [2.24, 2.45) is 5.41 Å². The zero-order valence-electron chi connectivity index (χ0n) is 18.8. The van der Waals surface area contributed by atoms with Gasteiger partial charge in [0.25, 0.3) is 0 Å². The fourth-order valence-electron chi connectivity index (χ4n) is 5.39. The molecule has 166 valence electrons. The number of carbonyl (C=O) groups excluding carboxylic acids is 2. The van der Waals surface area contributed by atoms with Gasteiger partial charge < -0.3 is 19.2 Å². The van der Waals surface area contributed by atoms with Crippen LogP contribution in [0.25, 0.3) is 0 Å². The molecule has 0 aliphatic carbocycles. The Morgan fingerprint density at radius 2 is 1.70 bits per heavy atom. The Morgan fingerprint density at radius 3 is 2.30 bits per heavy atom. The standard InChI is InChI=1S/C22H35N5O3/c1-16-18(17(2)30-23-16)13-20(28)26-7-5-22(6-8-26)14-19(25(4)15-22)21(29)27-11-9-24(3)10-12-27/h19H,5-15H2,1-4H3. The van der Waals surface area contributed by atoms with Crippen molar-refractivity contribution >= 4 is 11.8 Å². The molecule has 0 N–H and O–H groups in total. The Kier molecular flexibility index (Phi) is 5.90. The molecule has 8 nitrogen and oxygen atoms in total. The largest absolute Gasteiger partial charge is 0.361 e. The number of likely N-dealkylation sites (N-methyl/N-ethyl adjacent to an activating group) is 2. The van der Waals surface area contributed by atoms with Gasteiger partial charge in [0.05, 0.1) is 18.2 Å². The van der Waals surface area contributed by atoms with Crippen molar-refractivity contribution in [2.45, 2.75) is 45.6 Å². The summed E-state index contributed by atoms with van der Waals surface area (Å²) >= 11 is 0. The predicted octanol–water partition coefficient (Wildman–Crippen LogP) is 0.921. The van der Waals surface area contributed by atoms with Gasteiger partial charge in [-0.3, -0.25) is 14.5 Å². The van der Waals surface area contributed by atoms with Gasteiger partial charge in [-0.1, -0.05) is 5.16 Å². The van der Waals surface area contributed by atoms with E-state index in [-0.39, 0.29) is 17.4 Å². The summed E-state index contributed by atoms with van der Waals surface area (Å²) in [6.45, 7) is 9.80. The number of piperidine rings is 1. The highest BCUT2D eigenvalue weighted by Gasteiger charge is 2.48. The second-order valence-electron chi connectivity index (χ2n) is 9.62. The van der Waals surface area contributed by atoms with Gasteiger partial charge in [-0.25, -0.2) is 0 Å². The lowest BCUT2D eigenvalue weighted by Gasteiger charge is -2.39. The van der Waals surface area contributed by atoms with Gasteiger partial charge in [0.2, 0.25) is 11.8 Å². The third-order valence-electron chi connectivity index (χ3n) is 7.53. The van der Waals surface area contributed by atoms with Crippen LogP contribution in [-0.4, -0.2) is 103 Å². The highest BCUT2D eigenvalue weighted by atomic mass is 16.5. The minimum Gasteiger partial charge on any atom is -0.361 e. The Labute approximate surface area is 179 Å². The third-order valence-corrected chi connectivity index (χ3v) is 7.53. The van der Waals surface area contributed by atoms with Crippen LogP contribution in [0.4, 0.5) is 0 Å². The van der Waals surface area contributed by atoms with Gasteiger partial charge in [-0.2, -0.15) is 0 Å². The van der Waals surface area contributed by atoms with Crippen LogP contribution in [0.3, 0.4) is 0 Å². The summed E-state index contributed by atoms with van der Waals surface area (Å²) in [7, 11) is 4.20. The van der Waals surface area contributed by atoms with Gasteiger partial charge in [0, 0.05) is 51.4 Å². The van der Waals surface area contributed by atoms with Crippen molar-refractivity contribution in [3.05, 3.63) is 17.0 Å².